The summed E-state index contributed by atoms with van der Waals surface area (Å²) in [5.41, 5.74) is 12.8. The first-order valence-electron chi connectivity index (χ1n) is 19.0. The summed E-state index contributed by atoms with van der Waals surface area (Å²) in [5.74, 6) is 1.74. The summed E-state index contributed by atoms with van der Waals surface area (Å²) in [5, 5.41) is 7.07. The van der Waals surface area contributed by atoms with Crippen molar-refractivity contribution in [3.63, 3.8) is 0 Å². The summed E-state index contributed by atoms with van der Waals surface area (Å²) in [6.45, 7) is 0. The van der Waals surface area contributed by atoms with Crippen LogP contribution in [0.2, 0.25) is 0 Å². The second-order valence-corrected chi connectivity index (χ2v) is 14.5. The number of hydrogen-bond donors (Lipinski definition) is 0. The van der Waals surface area contributed by atoms with Gasteiger partial charge in [0.2, 0.25) is 0 Å². The van der Waals surface area contributed by atoms with Gasteiger partial charge in [-0.05, 0) is 99.8 Å². The van der Waals surface area contributed by atoms with Crippen molar-refractivity contribution in [2.75, 3.05) is 4.90 Å². The first-order valence-corrected chi connectivity index (χ1v) is 19.0. The molecule has 262 valence electrons. The number of para-hydroxylation sites is 5. The smallest absolute Gasteiger partial charge is 0.159 e. The maximum atomic E-state index is 6.62. The van der Waals surface area contributed by atoms with Crippen LogP contribution in [0.25, 0.3) is 82.5 Å². The molecule has 56 heavy (non-hydrogen) atoms. The monoisotopic (exact) mass is 716 g/mol. The average molecular weight is 717 g/mol. The van der Waals surface area contributed by atoms with Crippen molar-refractivity contribution in [2.45, 2.75) is 0 Å². The first-order chi connectivity index (χ1) is 27.8. The van der Waals surface area contributed by atoms with E-state index in [1.807, 2.05) is 24.3 Å². The van der Waals surface area contributed by atoms with E-state index in [1.54, 1.807) is 0 Å². The maximum Gasteiger partial charge on any atom is 0.159 e. The standard InChI is InChI=1S/C52H32N2O2/c1-2-11-36-32-37(23-22-33(36)10-1)34-24-28-38(29-25-34)53(46-18-8-14-42-41-12-3-5-19-47(41)56-52(42)46)39-30-26-35(27-31-39)40-13-7-17-45-50(40)43-15-9-21-49-51(43)54(45)44-16-4-6-20-48(44)55-49/h1-32H. The zero-order valence-electron chi connectivity index (χ0n) is 30.2. The molecule has 0 N–H and O–H groups in total. The molecule has 11 aromatic rings. The highest BCUT2D eigenvalue weighted by Gasteiger charge is 2.25. The van der Waals surface area contributed by atoms with Gasteiger partial charge >= 0.3 is 0 Å². The van der Waals surface area contributed by atoms with E-state index in [9.17, 15) is 0 Å². The van der Waals surface area contributed by atoms with Crippen molar-refractivity contribution in [1.29, 1.82) is 0 Å². The van der Waals surface area contributed by atoms with E-state index in [0.29, 0.717) is 0 Å². The summed E-state index contributed by atoms with van der Waals surface area (Å²) >= 11 is 0. The summed E-state index contributed by atoms with van der Waals surface area (Å²) in [6, 6.07) is 69.0. The van der Waals surface area contributed by atoms with Crippen molar-refractivity contribution < 1.29 is 9.15 Å². The average Bonchev–Trinajstić information content (AvgIpc) is 3.82. The number of furan rings is 1. The van der Waals surface area contributed by atoms with Gasteiger partial charge in [-0.25, -0.2) is 0 Å². The van der Waals surface area contributed by atoms with Crippen molar-refractivity contribution in [1.82, 2.24) is 4.57 Å². The van der Waals surface area contributed by atoms with Gasteiger partial charge in [-0.1, -0.05) is 127 Å². The lowest BCUT2D eigenvalue weighted by Crippen LogP contribution is -2.10. The third-order valence-electron chi connectivity index (χ3n) is 11.4. The van der Waals surface area contributed by atoms with Gasteiger partial charge in [0, 0.05) is 32.9 Å². The highest BCUT2D eigenvalue weighted by molar-refractivity contribution is 6.18. The number of anilines is 3. The molecule has 0 atom stereocenters. The molecule has 4 heteroatoms. The summed E-state index contributed by atoms with van der Waals surface area (Å²) in [7, 11) is 0. The second kappa shape index (κ2) is 12.0. The predicted molar refractivity (Wildman–Crippen MR) is 231 cm³/mol. The zero-order valence-corrected chi connectivity index (χ0v) is 30.2. The fourth-order valence-electron chi connectivity index (χ4n) is 8.80. The SMILES string of the molecule is c1ccc2c(c1)Oc1cccc3c4c(-c5ccc(N(c6ccc(-c7ccc8ccccc8c7)cc6)c6cccc7c6oc6ccccc67)cc5)cccc4n-2c13. The van der Waals surface area contributed by atoms with Gasteiger partial charge in [0.15, 0.2) is 17.1 Å². The van der Waals surface area contributed by atoms with E-state index in [4.69, 9.17) is 9.15 Å². The third kappa shape index (κ3) is 4.60. The molecule has 1 aliphatic heterocycles. The molecule has 2 aromatic heterocycles. The molecular weight excluding hydrogens is 685 g/mol. The van der Waals surface area contributed by atoms with Crippen LogP contribution in [-0.4, -0.2) is 4.57 Å². The molecule has 1 aliphatic rings. The van der Waals surface area contributed by atoms with Crippen molar-refractivity contribution in [3.05, 3.63) is 194 Å². The van der Waals surface area contributed by atoms with Crippen LogP contribution in [0.4, 0.5) is 17.1 Å². The molecule has 0 aliphatic carbocycles. The Bertz CT molecular complexity index is 3340. The number of rotatable bonds is 5. The van der Waals surface area contributed by atoms with Gasteiger partial charge in [-0.15, -0.1) is 0 Å². The molecule has 9 aromatic carbocycles. The Morgan fingerprint density at radius 1 is 0.446 bits per heavy atom. The zero-order chi connectivity index (χ0) is 36.7. The summed E-state index contributed by atoms with van der Waals surface area (Å²) in [4.78, 5) is 2.31. The number of nitrogens with zero attached hydrogens (tertiary/aromatic N) is 2. The molecule has 0 bridgehead atoms. The lowest BCUT2D eigenvalue weighted by Gasteiger charge is -2.26. The minimum absolute atomic E-state index is 0.859. The highest BCUT2D eigenvalue weighted by Crippen LogP contribution is 2.48. The Kier molecular flexibility index (Phi) is 6.60. The molecule has 0 spiro atoms. The van der Waals surface area contributed by atoms with E-state index in [2.05, 4.69) is 179 Å². The van der Waals surface area contributed by atoms with Crippen LogP contribution in [0.3, 0.4) is 0 Å². The lowest BCUT2D eigenvalue weighted by atomic mass is 9.98. The number of benzene rings is 9. The third-order valence-corrected chi connectivity index (χ3v) is 11.4. The van der Waals surface area contributed by atoms with Crippen LogP contribution < -0.4 is 9.64 Å². The number of hydrogen-bond acceptors (Lipinski definition) is 3. The van der Waals surface area contributed by atoms with Crippen molar-refractivity contribution >= 4 is 71.6 Å². The fraction of sp³-hybridized carbons (Fsp3) is 0. The van der Waals surface area contributed by atoms with Gasteiger partial charge in [0.1, 0.15) is 5.58 Å². The second-order valence-electron chi connectivity index (χ2n) is 14.5. The Hall–Kier alpha value is -7.56. The van der Waals surface area contributed by atoms with Gasteiger partial charge in [-0.3, -0.25) is 0 Å². The van der Waals surface area contributed by atoms with Crippen LogP contribution in [0, 0.1) is 0 Å². The normalized spacial score (nSPS) is 12.1. The van der Waals surface area contributed by atoms with Crippen LogP contribution >= 0.6 is 0 Å². The Labute approximate surface area is 322 Å². The number of ether oxygens (including phenoxy) is 1. The molecule has 0 saturated heterocycles. The van der Waals surface area contributed by atoms with Gasteiger partial charge < -0.3 is 18.6 Å². The molecule has 4 nitrogen and oxygen atoms in total. The van der Waals surface area contributed by atoms with Crippen LogP contribution in [0.5, 0.6) is 11.5 Å². The topological polar surface area (TPSA) is 30.5 Å². The van der Waals surface area contributed by atoms with E-state index >= 15 is 0 Å². The minimum Gasteiger partial charge on any atom is -0.454 e. The van der Waals surface area contributed by atoms with Crippen LogP contribution in [0.15, 0.2) is 199 Å². The largest absolute Gasteiger partial charge is 0.454 e. The lowest BCUT2D eigenvalue weighted by molar-refractivity contribution is 0.476. The molecule has 0 saturated carbocycles. The van der Waals surface area contributed by atoms with Gasteiger partial charge in [0.05, 0.1) is 22.4 Å². The van der Waals surface area contributed by atoms with E-state index in [0.717, 1.165) is 72.8 Å². The van der Waals surface area contributed by atoms with E-state index in [1.165, 1.54) is 38.2 Å². The Morgan fingerprint density at radius 3 is 1.98 bits per heavy atom. The van der Waals surface area contributed by atoms with E-state index in [-0.39, 0.29) is 0 Å². The molecule has 0 fully saturated rings. The number of aromatic nitrogens is 1. The van der Waals surface area contributed by atoms with Crippen molar-refractivity contribution in [2.24, 2.45) is 0 Å². The first kappa shape index (κ1) is 30.9. The molecule has 0 unspecified atom stereocenters. The molecule has 12 rings (SSSR count). The fourth-order valence-corrected chi connectivity index (χ4v) is 8.80. The molecule has 3 heterocycles. The highest BCUT2D eigenvalue weighted by atomic mass is 16.5. The van der Waals surface area contributed by atoms with Gasteiger partial charge in [0.25, 0.3) is 0 Å². The summed E-state index contributed by atoms with van der Waals surface area (Å²) < 4.78 is 15.4. The molecule has 0 radical (unpaired) electrons. The predicted octanol–water partition coefficient (Wildman–Crippen LogP) is 14.7. The van der Waals surface area contributed by atoms with Gasteiger partial charge in [-0.2, -0.15) is 0 Å². The quantitative estimate of drug-likeness (QED) is 0.178. The number of fused-ring (bicyclic) bond motifs is 9. The minimum atomic E-state index is 0.859. The Morgan fingerprint density at radius 2 is 1.11 bits per heavy atom. The van der Waals surface area contributed by atoms with Crippen LogP contribution in [-0.2, 0) is 0 Å². The molecular formula is C52H32N2O2. The molecule has 0 amide bonds. The van der Waals surface area contributed by atoms with Crippen molar-refractivity contribution in [3.8, 4) is 39.4 Å². The summed E-state index contributed by atoms with van der Waals surface area (Å²) in [6.07, 6.45) is 0. The Balaban J connectivity index is 1.01. The van der Waals surface area contributed by atoms with E-state index < -0.39 is 0 Å². The maximum absolute atomic E-state index is 6.62. The van der Waals surface area contributed by atoms with Crippen LogP contribution in [0.1, 0.15) is 0 Å².